The highest BCUT2D eigenvalue weighted by molar-refractivity contribution is 5.94. The fourth-order valence-electron chi connectivity index (χ4n) is 3.09. The Morgan fingerprint density at radius 3 is 2.60 bits per heavy atom. The normalized spacial score (nSPS) is 16.6. The van der Waals surface area contributed by atoms with Crippen LogP contribution in [0.15, 0.2) is 18.2 Å². The second kappa shape index (κ2) is 8.56. The zero-order valence-electron chi connectivity index (χ0n) is 14.7. The zero-order chi connectivity index (χ0) is 18.4. The SMILES string of the molecule is COc1ccc(C(=O)N2CCCN(CCCC(F)(F)F)CC2)cc1C. The minimum atomic E-state index is -4.10. The fourth-order valence-corrected chi connectivity index (χ4v) is 3.09. The minimum absolute atomic E-state index is 0.0390. The van der Waals surface area contributed by atoms with Gasteiger partial charge in [-0.2, -0.15) is 13.2 Å². The van der Waals surface area contributed by atoms with Gasteiger partial charge in [0.2, 0.25) is 0 Å². The van der Waals surface area contributed by atoms with Crippen molar-refractivity contribution in [1.82, 2.24) is 9.80 Å². The van der Waals surface area contributed by atoms with Crippen LogP contribution in [0.2, 0.25) is 0 Å². The van der Waals surface area contributed by atoms with Gasteiger partial charge >= 0.3 is 6.18 Å². The molecule has 4 nitrogen and oxygen atoms in total. The van der Waals surface area contributed by atoms with Gasteiger partial charge in [-0.15, -0.1) is 0 Å². The number of nitrogens with zero attached hydrogens (tertiary/aromatic N) is 2. The summed E-state index contributed by atoms with van der Waals surface area (Å²) >= 11 is 0. The van der Waals surface area contributed by atoms with E-state index < -0.39 is 12.6 Å². The van der Waals surface area contributed by atoms with Crippen LogP contribution in [0.3, 0.4) is 0 Å². The Hall–Kier alpha value is -1.76. The van der Waals surface area contributed by atoms with Crippen molar-refractivity contribution >= 4 is 5.91 Å². The third kappa shape index (κ3) is 5.92. The largest absolute Gasteiger partial charge is 0.496 e. The Morgan fingerprint density at radius 1 is 1.20 bits per heavy atom. The number of hydrogen-bond donors (Lipinski definition) is 0. The molecule has 0 atom stereocenters. The van der Waals surface area contributed by atoms with E-state index in [1.807, 2.05) is 17.9 Å². The zero-order valence-corrected chi connectivity index (χ0v) is 14.7. The first kappa shape index (κ1) is 19.6. The lowest BCUT2D eigenvalue weighted by atomic mass is 10.1. The van der Waals surface area contributed by atoms with Crippen molar-refractivity contribution in [3.05, 3.63) is 29.3 Å². The topological polar surface area (TPSA) is 32.8 Å². The number of benzene rings is 1. The quantitative estimate of drug-likeness (QED) is 0.808. The molecular weight excluding hydrogens is 333 g/mol. The molecule has 0 aliphatic carbocycles. The number of hydrogen-bond acceptors (Lipinski definition) is 3. The maximum Gasteiger partial charge on any atom is 0.389 e. The van der Waals surface area contributed by atoms with Crippen LogP contribution < -0.4 is 4.74 Å². The second-order valence-corrected chi connectivity index (χ2v) is 6.39. The van der Waals surface area contributed by atoms with Gasteiger partial charge in [-0.25, -0.2) is 0 Å². The number of methoxy groups -OCH3 is 1. The smallest absolute Gasteiger partial charge is 0.389 e. The third-order valence-corrected chi connectivity index (χ3v) is 4.45. The average Bonchev–Trinajstić information content (AvgIpc) is 2.78. The minimum Gasteiger partial charge on any atom is -0.496 e. The van der Waals surface area contributed by atoms with Crippen molar-refractivity contribution in [2.75, 3.05) is 39.8 Å². The molecule has 140 valence electrons. The number of alkyl halides is 3. The van der Waals surface area contributed by atoms with Gasteiger partial charge < -0.3 is 14.5 Å². The number of aryl methyl sites for hydroxylation is 1. The van der Waals surface area contributed by atoms with Crippen LogP contribution in [0.4, 0.5) is 13.2 Å². The molecule has 0 saturated carbocycles. The molecule has 0 radical (unpaired) electrons. The molecule has 0 N–H and O–H groups in total. The standard InChI is InChI=1S/C18H25F3N2O2/c1-14-13-15(5-6-16(14)25-2)17(24)23-10-4-9-22(11-12-23)8-3-7-18(19,20)21/h5-6,13H,3-4,7-12H2,1-2H3. The highest BCUT2D eigenvalue weighted by Gasteiger charge is 2.27. The Kier molecular flexibility index (Phi) is 6.70. The van der Waals surface area contributed by atoms with Crippen molar-refractivity contribution in [1.29, 1.82) is 0 Å². The summed E-state index contributed by atoms with van der Waals surface area (Å²) in [5, 5.41) is 0. The van der Waals surface area contributed by atoms with E-state index in [1.54, 1.807) is 24.1 Å². The van der Waals surface area contributed by atoms with Crippen molar-refractivity contribution < 1.29 is 22.7 Å². The van der Waals surface area contributed by atoms with Crippen LogP contribution in [-0.2, 0) is 0 Å². The van der Waals surface area contributed by atoms with Crippen LogP contribution in [0.5, 0.6) is 5.75 Å². The highest BCUT2D eigenvalue weighted by Crippen LogP contribution is 2.22. The number of ether oxygens (including phenoxy) is 1. The van der Waals surface area contributed by atoms with E-state index in [4.69, 9.17) is 4.74 Å². The molecule has 1 heterocycles. The van der Waals surface area contributed by atoms with E-state index in [2.05, 4.69) is 0 Å². The molecule has 0 aromatic heterocycles. The van der Waals surface area contributed by atoms with Crippen molar-refractivity contribution in [2.45, 2.75) is 32.4 Å². The summed E-state index contributed by atoms with van der Waals surface area (Å²) in [5.74, 6) is 0.700. The molecule has 0 spiro atoms. The third-order valence-electron chi connectivity index (χ3n) is 4.45. The molecule has 1 amide bonds. The molecule has 1 aromatic rings. The van der Waals surface area contributed by atoms with Gasteiger partial charge in [-0.1, -0.05) is 0 Å². The molecule has 1 aliphatic heterocycles. The number of carbonyl (C=O) groups excluding carboxylic acids is 1. The van der Waals surface area contributed by atoms with Gasteiger partial charge in [0.05, 0.1) is 7.11 Å². The summed E-state index contributed by atoms with van der Waals surface area (Å²) in [6, 6.07) is 5.34. The number of amides is 1. The molecule has 7 heteroatoms. The molecule has 1 fully saturated rings. The Labute approximate surface area is 146 Å². The Morgan fingerprint density at radius 2 is 1.96 bits per heavy atom. The van der Waals surface area contributed by atoms with Gasteiger partial charge in [0.15, 0.2) is 0 Å². The molecule has 0 unspecified atom stereocenters. The lowest BCUT2D eigenvalue weighted by Crippen LogP contribution is -2.35. The summed E-state index contributed by atoms with van der Waals surface area (Å²) in [5.41, 5.74) is 1.51. The fraction of sp³-hybridized carbons (Fsp3) is 0.611. The van der Waals surface area contributed by atoms with E-state index in [9.17, 15) is 18.0 Å². The number of rotatable bonds is 5. The van der Waals surface area contributed by atoms with Crippen LogP contribution in [0.25, 0.3) is 0 Å². The summed E-state index contributed by atoms with van der Waals surface area (Å²) in [6.07, 6.45) is -3.97. The average molecular weight is 358 g/mol. The van der Waals surface area contributed by atoms with Gasteiger partial charge in [-0.05, 0) is 56.6 Å². The Balaban J connectivity index is 1.89. The lowest BCUT2D eigenvalue weighted by Gasteiger charge is -2.22. The van der Waals surface area contributed by atoms with Gasteiger partial charge in [-0.3, -0.25) is 4.79 Å². The number of halogens is 3. The number of carbonyl (C=O) groups is 1. The van der Waals surface area contributed by atoms with Gasteiger partial charge in [0, 0.05) is 31.6 Å². The van der Waals surface area contributed by atoms with Gasteiger partial charge in [0.25, 0.3) is 5.91 Å². The monoisotopic (exact) mass is 358 g/mol. The van der Waals surface area contributed by atoms with E-state index in [0.717, 1.165) is 24.3 Å². The van der Waals surface area contributed by atoms with Crippen molar-refractivity contribution in [3.63, 3.8) is 0 Å². The molecule has 0 bridgehead atoms. The molecular formula is C18H25F3N2O2. The summed E-state index contributed by atoms with van der Waals surface area (Å²) < 4.78 is 42.0. The Bertz CT molecular complexity index is 590. The van der Waals surface area contributed by atoms with Crippen molar-refractivity contribution in [3.8, 4) is 5.75 Å². The highest BCUT2D eigenvalue weighted by atomic mass is 19.4. The first-order chi connectivity index (χ1) is 11.8. The predicted molar refractivity (Wildman–Crippen MR) is 90.0 cm³/mol. The summed E-state index contributed by atoms with van der Waals surface area (Å²) in [6.45, 7) is 4.81. The van der Waals surface area contributed by atoms with E-state index in [0.29, 0.717) is 31.7 Å². The maximum absolute atomic E-state index is 12.7. The van der Waals surface area contributed by atoms with Crippen molar-refractivity contribution in [2.24, 2.45) is 0 Å². The first-order valence-electron chi connectivity index (χ1n) is 8.53. The van der Waals surface area contributed by atoms with Crippen LogP contribution in [0, 0.1) is 6.92 Å². The van der Waals surface area contributed by atoms with Gasteiger partial charge in [0.1, 0.15) is 5.75 Å². The summed E-state index contributed by atoms with van der Waals surface area (Å²) in [7, 11) is 1.59. The lowest BCUT2D eigenvalue weighted by molar-refractivity contribution is -0.136. The van der Waals surface area contributed by atoms with Crippen LogP contribution in [-0.4, -0.2) is 61.7 Å². The second-order valence-electron chi connectivity index (χ2n) is 6.39. The summed E-state index contributed by atoms with van der Waals surface area (Å²) in [4.78, 5) is 16.5. The molecule has 1 saturated heterocycles. The predicted octanol–water partition coefficient (Wildman–Crippen LogP) is 3.49. The van der Waals surface area contributed by atoms with Crippen LogP contribution >= 0.6 is 0 Å². The molecule has 25 heavy (non-hydrogen) atoms. The maximum atomic E-state index is 12.7. The van der Waals surface area contributed by atoms with Crippen LogP contribution in [0.1, 0.15) is 35.2 Å². The van der Waals surface area contributed by atoms with E-state index >= 15 is 0 Å². The first-order valence-corrected chi connectivity index (χ1v) is 8.53. The molecule has 1 aromatic carbocycles. The molecule has 1 aliphatic rings. The molecule has 2 rings (SSSR count). The van der Waals surface area contributed by atoms with E-state index in [-0.39, 0.29) is 12.3 Å². The van der Waals surface area contributed by atoms with E-state index in [1.165, 1.54) is 0 Å².